The average Bonchev–Trinajstić information content (AvgIpc) is 3.10. The molecule has 1 N–H and O–H groups in total. The van der Waals surface area contributed by atoms with Gasteiger partial charge in [0.25, 0.3) is 0 Å². The van der Waals surface area contributed by atoms with Crippen molar-refractivity contribution >= 4 is 34.3 Å². The van der Waals surface area contributed by atoms with Gasteiger partial charge in [0.05, 0.1) is 12.6 Å². The molecule has 6 heteroatoms. The SMILES string of the molecule is COc1ccccc1N=C(NN=CC=C1N(C)c2ccccc2C1(C)C)c1ccc2ccccc2n1. The number of allylic oxidation sites excluding steroid dienone is 2. The first kappa shape index (κ1) is 23.3. The molecule has 180 valence electrons. The van der Waals surface area contributed by atoms with E-state index in [-0.39, 0.29) is 5.41 Å². The van der Waals surface area contributed by atoms with E-state index in [9.17, 15) is 0 Å². The highest BCUT2D eigenvalue weighted by atomic mass is 16.5. The van der Waals surface area contributed by atoms with E-state index >= 15 is 0 Å². The van der Waals surface area contributed by atoms with Gasteiger partial charge < -0.3 is 9.64 Å². The Labute approximate surface area is 211 Å². The highest BCUT2D eigenvalue weighted by Crippen LogP contribution is 2.46. The van der Waals surface area contributed by atoms with Crippen LogP contribution >= 0.6 is 0 Å². The molecule has 0 radical (unpaired) electrons. The molecule has 1 aromatic heterocycles. The predicted molar refractivity (Wildman–Crippen MR) is 149 cm³/mol. The van der Waals surface area contributed by atoms with Crippen molar-refractivity contribution in [2.75, 3.05) is 19.1 Å². The Morgan fingerprint density at radius 2 is 1.69 bits per heavy atom. The number of benzene rings is 3. The van der Waals surface area contributed by atoms with Crippen molar-refractivity contribution in [3.05, 3.63) is 108 Å². The van der Waals surface area contributed by atoms with E-state index in [1.165, 1.54) is 16.9 Å². The van der Waals surface area contributed by atoms with Gasteiger partial charge in [-0.1, -0.05) is 68.4 Å². The lowest BCUT2D eigenvalue weighted by Crippen LogP contribution is -2.23. The topological polar surface area (TPSA) is 62.1 Å². The van der Waals surface area contributed by atoms with Crippen LogP contribution in [0.15, 0.2) is 107 Å². The Hall–Kier alpha value is -4.45. The fourth-order valence-electron chi connectivity index (χ4n) is 4.69. The van der Waals surface area contributed by atoms with Gasteiger partial charge >= 0.3 is 0 Å². The first-order valence-electron chi connectivity index (χ1n) is 11.9. The van der Waals surface area contributed by atoms with Crippen molar-refractivity contribution in [1.29, 1.82) is 0 Å². The number of pyridine rings is 1. The zero-order valence-electron chi connectivity index (χ0n) is 20.9. The van der Waals surface area contributed by atoms with Crippen LogP contribution in [0.1, 0.15) is 25.1 Å². The second-order valence-corrected chi connectivity index (χ2v) is 9.16. The summed E-state index contributed by atoms with van der Waals surface area (Å²) in [7, 11) is 3.73. The van der Waals surface area contributed by atoms with Crippen LogP contribution in [0.2, 0.25) is 0 Å². The third-order valence-corrected chi connectivity index (χ3v) is 6.58. The molecule has 0 saturated carbocycles. The van der Waals surface area contributed by atoms with Crippen LogP contribution in [0.5, 0.6) is 5.75 Å². The fraction of sp³-hybridized carbons (Fsp3) is 0.167. The summed E-state index contributed by atoms with van der Waals surface area (Å²) in [6, 6.07) is 28.1. The summed E-state index contributed by atoms with van der Waals surface area (Å²) in [4.78, 5) is 11.9. The quantitative estimate of drug-likeness (QED) is 0.212. The minimum atomic E-state index is -0.119. The molecular formula is C30H29N5O. The van der Waals surface area contributed by atoms with Gasteiger partial charge in [0.1, 0.15) is 17.1 Å². The molecule has 0 saturated heterocycles. The molecule has 2 heterocycles. The van der Waals surface area contributed by atoms with Crippen molar-refractivity contribution in [1.82, 2.24) is 10.4 Å². The van der Waals surface area contributed by atoms with Crippen molar-refractivity contribution in [2.45, 2.75) is 19.3 Å². The smallest absolute Gasteiger partial charge is 0.173 e. The number of methoxy groups -OCH3 is 1. The number of para-hydroxylation sites is 4. The number of aromatic nitrogens is 1. The van der Waals surface area contributed by atoms with Gasteiger partial charge in [-0.15, -0.1) is 0 Å². The van der Waals surface area contributed by atoms with Crippen LogP contribution in [0.3, 0.4) is 0 Å². The van der Waals surface area contributed by atoms with Gasteiger partial charge in [0, 0.05) is 35.4 Å². The van der Waals surface area contributed by atoms with Crippen LogP contribution in [-0.4, -0.2) is 31.2 Å². The predicted octanol–water partition coefficient (Wildman–Crippen LogP) is 6.21. The van der Waals surface area contributed by atoms with Gasteiger partial charge in [-0.25, -0.2) is 9.98 Å². The molecule has 0 spiro atoms. The fourth-order valence-corrected chi connectivity index (χ4v) is 4.69. The number of fused-ring (bicyclic) bond motifs is 2. The molecule has 5 rings (SSSR count). The number of hydrazone groups is 1. The maximum Gasteiger partial charge on any atom is 0.173 e. The largest absolute Gasteiger partial charge is 0.494 e. The van der Waals surface area contributed by atoms with E-state index in [4.69, 9.17) is 14.7 Å². The van der Waals surface area contributed by atoms with Gasteiger partial charge in [0.15, 0.2) is 5.84 Å². The van der Waals surface area contributed by atoms with Crippen molar-refractivity contribution in [2.24, 2.45) is 10.1 Å². The molecule has 0 aliphatic carbocycles. The summed E-state index contributed by atoms with van der Waals surface area (Å²) in [5.41, 5.74) is 8.97. The van der Waals surface area contributed by atoms with Crippen molar-refractivity contribution in [3.63, 3.8) is 0 Å². The van der Waals surface area contributed by atoms with Gasteiger partial charge in [-0.2, -0.15) is 5.10 Å². The van der Waals surface area contributed by atoms with Crippen molar-refractivity contribution < 1.29 is 4.74 Å². The van der Waals surface area contributed by atoms with Crippen LogP contribution in [0, 0.1) is 0 Å². The second kappa shape index (κ2) is 9.66. The lowest BCUT2D eigenvalue weighted by Gasteiger charge is -2.23. The van der Waals surface area contributed by atoms with E-state index in [0.717, 1.165) is 10.9 Å². The number of nitrogens with one attached hydrogen (secondary N) is 1. The van der Waals surface area contributed by atoms with Crippen LogP contribution in [0.4, 0.5) is 11.4 Å². The van der Waals surface area contributed by atoms with E-state index in [1.54, 1.807) is 13.3 Å². The van der Waals surface area contributed by atoms with Crippen LogP contribution in [-0.2, 0) is 5.41 Å². The maximum absolute atomic E-state index is 5.50. The molecule has 0 bridgehead atoms. The number of nitrogens with zero attached hydrogens (tertiary/aromatic N) is 4. The molecule has 1 aliphatic heterocycles. The summed E-state index contributed by atoms with van der Waals surface area (Å²) in [6.07, 6.45) is 3.82. The molecular weight excluding hydrogens is 446 g/mol. The third kappa shape index (κ3) is 4.33. The van der Waals surface area contributed by atoms with E-state index in [0.29, 0.717) is 23.0 Å². The Morgan fingerprint density at radius 3 is 2.53 bits per heavy atom. The number of rotatable bonds is 5. The summed E-state index contributed by atoms with van der Waals surface area (Å²) in [5, 5.41) is 5.58. The summed E-state index contributed by atoms with van der Waals surface area (Å²) in [5.74, 6) is 1.21. The summed E-state index contributed by atoms with van der Waals surface area (Å²) in [6.45, 7) is 4.46. The number of anilines is 1. The van der Waals surface area contributed by atoms with Crippen LogP contribution in [0.25, 0.3) is 10.9 Å². The Morgan fingerprint density at radius 1 is 0.944 bits per heavy atom. The number of aliphatic imine (C=N–C) groups is 1. The van der Waals surface area contributed by atoms with E-state index in [1.807, 2.05) is 66.7 Å². The zero-order chi connectivity index (χ0) is 25.1. The first-order chi connectivity index (χ1) is 17.5. The molecule has 6 nitrogen and oxygen atoms in total. The van der Waals surface area contributed by atoms with Crippen LogP contribution < -0.4 is 15.1 Å². The molecule has 4 aromatic rings. The van der Waals surface area contributed by atoms with E-state index < -0.39 is 0 Å². The number of ether oxygens (including phenoxy) is 1. The van der Waals surface area contributed by atoms with Crippen molar-refractivity contribution in [3.8, 4) is 5.75 Å². The standard InChI is InChI=1S/C30H29N5O/c1-30(2)22-12-6-9-15-26(22)35(3)28(30)19-20-31-34-29(33-24-14-8-10-16-27(24)36-4)25-18-17-21-11-5-7-13-23(21)32-25/h5-20H,1-4H3,(H,33,34). The number of amidine groups is 1. The lowest BCUT2D eigenvalue weighted by molar-refractivity contribution is 0.416. The zero-order valence-corrected chi connectivity index (χ0v) is 20.9. The minimum Gasteiger partial charge on any atom is -0.494 e. The molecule has 0 fully saturated rings. The highest BCUT2D eigenvalue weighted by molar-refractivity contribution is 6.01. The van der Waals surface area contributed by atoms with Gasteiger partial charge in [-0.05, 0) is 42.0 Å². The second-order valence-electron chi connectivity index (χ2n) is 9.16. The number of hydrogen-bond donors (Lipinski definition) is 1. The number of hydrogen-bond acceptors (Lipinski definition) is 5. The summed E-state index contributed by atoms with van der Waals surface area (Å²) >= 11 is 0. The lowest BCUT2D eigenvalue weighted by atomic mass is 9.84. The highest BCUT2D eigenvalue weighted by Gasteiger charge is 2.37. The van der Waals surface area contributed by atoms with Gasteiger partial charge in [0.2, 0.25) is 0 Å². The molecule has 0 amide bonds. The molecule has 0 unspecified atom stereocenters. The third-order valence-electron chi connectivity index (χ3n) is 6.58. The monoisotopic (exact) mass is 475 g/mol. The Kier molecular flexibility index (Phi) is 6.25. The Bertz CT molecular complexity index is 1500. The molecule has 36 heavy (non-hydrogen) atoms. The molecule has 1 aliphatic rings. The van der Waals surface area contributed by atoms with E-state index in [2.05, 4.69) is 60.6 Å². The molecule has 0 atom stereocenters. The minimum absolute atomic E-state index is 0.119. The number of likely N-dealkylation sites (N-methyl/N-ethyl adjacent to an activating group) is 1. The maximum atomic E-state index is 5.50. The molecule has 3 aromatic carbocycles. The Balaban J connectivity index is 1.48. The van der Waals surface area contributed by atoms with Gasteiger partial charge in [-0.3, -0.25) is 5.43 Å². The first-order valence-corrected chi connectivity index (χ1v) is 11.9. The average molecular weight is 476 g/mol. The summed E-state index contributed by atoms with van der Waals surface area (Å²) < 4.78 is 5.50. The normalized spacial score (nSPS) is 16.1.